The second-order valence-electron chi connectivity index (χ2n) is 5.06. The van der Waals surface area contributed by atoms with Gasteiger partial charge in [-0.15, -0.1) is 0 Å². The summed E-state index contributed by atoms with van der Waals surface area (Å²) in [6.45, 7) is 6.91. The first-order chi connectivity index (χ1) is 7.24. The molecule has 0 aliphatic carbocycles. The van der Waals surface area contributed by atoms with Crippen LogP contribution in [0.5, 0.6) is 0 Å². The Morgan fingerprint density at radius 3 is 2.93 bits per heavy atom. The van der Waals surface area contributed by atoms with Crippen LogP contribution in [-0.4, -0.2) is 13.1 Å². The van der Waals surface area contributed by atoms with Crippen LogP contribution in [-0.2, 0) is 6.42 Å². The van der Waals surface area contributed by atoms with Crippen LogP contribution in [0, 0.1) is 18.8 Å². The van der Waals surface area contributed by atoms with Gasteiger partial charge in [-0.25, -0.2) is 0 Å². The molecule has 0 bridgehead atoms. The summed E-state index contributed by atoms with van der Waals surface area (Å²) in [7, 11) is 0. The van der Waals surface area contributed by atoms with Gasteiger partial charge >= 0.3 is 0 Å². The van der Waals surface area contributed by atoms with Gasteiger partial charge in [0.05, 0.1) is 0 Å². The average molecular weight is 203 g/mol. The Labute approximate surface area is 92.9 Å². The molecule has 1 heteroatoms. The van der Waals surface area contributed by atoms with E-state index in [0.717, 1.165) is 11.8 Å². The Morgan fingerprint density at radius 1 is 1.33 bits per heavy atom. The predicted octanol–water partition coefficient (Wildman–Crippen LogP) is 2.78. The lowest BCUT2D eigenvalue weighted by Gasteiger charge is -2.27. The molecule has 1 nitrogen and oxygen atoms in total. The number of hydrogen-bond acceptors (Lipinski definition) is 1. The van der Waals surface area contributed by atoms with E-state index in [4.69, 9.17) is 0 Å². The van der Waals surface area contributed by atoms with E-state index in [2.05, 4.69) is 43.4 Å². The van der Waals surface area contributed by atoms with Crippen molar-refractivity contribution in [1.82, 2.24) is 5.32 Å². The van der Waals surface area contributed by atoms with Gasteiger partial charge in [-0.1, -0.05) is 36.8 Å². The van der Waals surface area contributed by atoms with Gasteiger partial charge in [-0.3, -0.25) is 0 Å². The van der Waals surface area contributed by atoms with E-state index in [1.54, 1.807) is 0 Å². The highest BCUT2D eigenvalue weighted by Crippen LogP contribution is 2.20. The monoisotopic (exact) mass is 203 g/mol. The van der Waals surface area contributed by atoms with Crippen LogP contribution in [0.1, 0.15) is 24.5 Å². The molecule has 0 amide bonds. The zero-order chi connectivity index (χ0) is 10.7. The second kappa shape index (κ2) is 4.80. The Kier molecular flexibility index (Phi) is 3.42. The van der Waals surface area contributed by atoms with Gasteiger partial charge in [0, 0.05) is 0 Å². The molecular formula is C14H21N. The highest BCUT2D eigenvalue weighted by molar-refractivity contribution is 5.22. The van der Waals surface area contributed by atoms with Crippen LogP contribution in [0.4, 0.5) is 0 Å². The lowest BCUT2D eigenvalue weighted by Crippen LogP contribution is -2.35. The Hall–Kier alpha value is -0.820. The minimum Gasteiger partial charge on any atom is -0.316 e. The minimum atomic E-state index is 0.829. The lowest BCUT2D eigenvalue weighted by molar-refractivity contribution is 0.301. The molecule has 0 spiro atoms. The molecule has 1 aromatic rings. The maximum absolute atomic E-state index is 3.52. The molecule has 0 saturated carbocycles. The zero-order valence-electron chi connectivity index (χ0n) is 9.79. The normalized spacial score (nSPS) is 26.5. The SMILES string of the molecule is Cc1cccc(CC2CNCC(C)C2)c1. The molecule has 15 heavy (non-hydrogen) atoms. The highest BCUT2D eigenvalue weighted by atomic mass is 14.9. The summed E-state index contributed by atoms with van der Waals surface area (Å²) < 4.78 is 0. The molecule has 2 atom stereocenters. The van der Waals surface area contributed by atoms with E-state index >= 15 is 0 Å². The average Bonchev–Trinajstić information content (AvgIpc) is 2.17. The molecule has 82 valence electrons. The summed E-state index contributed by atoms with van der Waals surface area (Å²) >= 11 is 0. The number of aryl methyl sites for hydroxylation is 1. The molecule has 1 N–H and O–H groups in total. The second-order valence-corrected chi connectivity index (χ2v) is 5.06. The zero-order valence-corrected chi connectivity index (χ0v) is 9.79. The van der Waals surface area contributed by atoms with E-state index in [9.17, 15) is 0 Å². The van der Waals surface area contributed by atoms with Crippen molar-refractivity contribution in [2.45, 2.75) is 26.7 Å². The van der Waals surface area contributed by atoms with E-state index in [0.29, 0.717) is 0 Å². The topological polar surface area (TPSA) is 12.0 Å². The number of piperidine rings is 1. The summed E-state index contributed by atoms with van der Waals surface area (Å²) in [6.07, 6.45) is 2.61. The smallest absolute Gasteiger partial charge is 0.00171 e. The third-order valence-electron chi connectivity index (χ3n) is 3.27. The third-order valence-corrected chi connectivity index (χ3v) is 3.27. The Morgan fingerprint density at radius 2 is 2.20 bits per heavy atom. The fourth-order valence-corrected chi connectivity index (χ4v) is 2.60. The molecular weight excluding hydrogens is 182 g/mol. The van der Waals surface area contributed by atoms with E-state index < -0.39 is 0 Å². The van der Waals surface area contributed by atoms with Crippen molar-refractivity contribution in [1.29, 1.82) is 0 Å². The fraction of sp³-hybridized carbons (Fsp3) is 0.571. The fourth-order valence-electron chi connectivity index (χ4n) is 2.60. The largest absolute Gasteiger partial charge is 0.316 e. The molecule has 1 saturated heterocycles. The van der Waals surface area contributed by atoms with Gasteiger partial charge in [0.25, 0.3) is 0 Å². The predicted molar refractivity (Wildman–Crippen MR) is 65.0 cm³/mol. The molecule has 2 unspecified atom stereocenters. The van der Waals surface area contributed by atoms with Crippen LogP contribution in [0.2, 0.25) is 0 Å². The van der Waals surface area contributed by atoms with Gasteiger partial charge in [0.2, 0.25) is 0 Å². The summed E-state index contributed by atoms with van der Waals surface area (Å²) in [5.41, 5.74) is 2.88. The maximum atomic E-state index is 3.52. The molecule has 2 rings (SSSR count). The van der Waals surface area contributed by atoms with Crippen LogP contribution >= 0.6 is 0 Å². The first-order valence-electron chi connectivity index (χ1n) is 6.00. The van der Waals surface area contributed by atoms with Crippen molar-refractivity contribution in [3.05, 3.63) is 35.4 Å². The molecule has 0 radical (unpaired) electrons. The van der Waals surface area contributed by atoms with Crippen LogP contribution < -0.4 is 5.32 Å². The van der Waals surface area contributed by atoms with Crippen molar-refractivity contribution in [2.24, 2.45) is 11.8 Å². The van der Waals surface area contributed by atoms with Crippen LogP contribution in [0.15, 0.2) is 24.3 Å². The summed E-state index contributed by atoms with van der Waals surface area (Å²) in [4.78, 5) is 0. The Bertz CT molecular complexity index is 319. The standard InChI is InChI=1S/C14H21N/c1-11-4-3-5-13(6-11)8-14-7-12(2)9-15-10-14/h3-6,12,14-15H,7-10H2,1-2H3. The minimum absolute atomic E-state index is 0.829. The summed E-state index contributed by atoms with van der Waals surface area (Å²) in [6, 6.07) is 8.92. The first-order valence-corrected chi connectivity index (χ1v) is 6.00. The van der Waals surface area contributed by atoms with Gasteiger partial charge in [-0.2, -0.15) is 0 Å². The van der Waals surface area contributed by atoms with Crippen molar-refractivity contribution in [3.63, 3.8) is 0 Å². The van der Waals surface area contributed by atoms with Crippen LogP contribution in [0.3, 0.4) is 0 Å². The van der Waals surface area contributed by atoms with Gasteiger partial charge in [-0.05, 0) is 50.3 Å². The van der Waals surface area contributed by atoms with Gasteiger partial charge in [0.1, 0.15) is 0 Å². The molecule has 1 aliphatic rings. The lowest BCUT2D eigenvalue weighted by atomic mass is 9.87. The molecule has 1 aliphatic heterocycles. The Balaban J connectivity index is 1.96. The molecule has 0 aromatic heterocycles. The summed E-state index contributed by atoms with van der Waals surface area (Å²) in [5.74, 6) is 1.67. The van der Waals surface area contributed by atoms with Crippen LogP contribution in [0.25, 0.3) is 0 Å². The van der Waals surface area contributed by atoms with E-state index in [1.807, 2.05) is 0 Å². The van der Waals surface area contributed by atoms with E-state index in [-0.39, 0.29) is 0 Å². The number of hydrogen-bond donors (Lipinski definition) is 1. The quantitative estimate of drug-likeness (QED) is 0.779. The third kappa shape index (κ3) is 3.07. The van der Waals surface area contributed by atoms with Gasteiger partial charge in [0.15, 0.2) is 0 Å². The number of nitrogens with one attached hydrogen (secondary N) is 1. The molecule has 1 heterocycles. The van der Waals surface area contributed by atoms with Gasteiger partial charge < -0.3 is 5.32 Å². The summed E-state index contributed by atoms with van der Waals surface area (Å²) in [5, 5.41) is 3.52. The van der Waals surface area contributed by atoms with Crippen molar-refractivity contribution < 1.29 is 0 Å². The molecule has 1 fully saturated rings. The molecule has 1 aromatic carbocycles. The van der Waals surface area contributed by atoms with Crippen molar-refractivity contribution in [2.75, 3.05) is 13.1 Å². The number of rotatable bonds is 2. The van der Waals surface area contributed by atoms with Crippen molar-refractivity contribution in [3.8, 4) is 0 Å². The number of benzene rings is 1. The van der Waals surface area contributed by atoms with E-state index in [1.165, 1.54) is 37.1 Å². The van der Waals surface area contributed by atoms with Crippen molar-refractivity contribution >= 4 is 0 Å². The maximum Gasteiger partial charge on any atom is -0.00171 e. The first kappa shape index (κ1) is 10.7. The highest BCUT2D eigenvalue weighted by Gasteiger charge is 2.18.